The molecule has 0 saturated heterocycles. The molecule has 0 bridgehead atoms. The van der Waals surface area contributed by atoms with Gasteiger partial charge < -0.3 is 19.7 Å². The number of amides is 2. The molecular formula is C23H25N3O4S. The van der Waals surface area contributed by atoms with E-state index in [-0.39, 0.29) is 13.2 Å². The Kier molecular flexibility index (Phi) is 8.88. The van der Waals surface area contributed by atoms with Gasteiger partial charge in [0.2, 0.25) is 0 Å². The predicted octanol–water partition coefficient (Wildman–Crippen LogP) is 4.60. The molecule has 8 heteroatoms. The lowest BCUT2D eigenvalue weighted by Gasteiger charge is -2.22. The number of alkyl carbamates (subject to hydrolysis) is 1. The van der Waals surface area contributed by atoms with E-state index in [2.05, 4.69) is 10.3 Å². The highest BCUT2D eigenvalue weighted by molar-refractivity contribution is 7.09. The van der Waals surface area contributed by atoms with Crippen LogP contribution in [0.25, 0.3) is 0 Å². The third kappa shape index (κ3) is 8.10. The number of hydrogen-bond acceptors (Lipinski definition) is 6. The number of rotatable bonds is 10. The molecule has 0 spiro atoms. The van der Waals surface area contributed by atoms with Gasteiger partial charge in [-0.3, -0.25) is 4.98 Å². The SMILES string of the molecule is O=C(NCCCN(Cc1ccccc1)C(=O)OCc1cncs1)OCc1ccccc1. The van der Waals surface area contributed by atoms with Crippen LogP contribution in [0.4, 0.5) is 9.59 Å². The second-order valence-corrected chi connectivity index (χ2v) is 7.74. The molecule has 1 N–H and O–H groups in total. The van der Waals surface area contributed by atoms with Crippen LogP contribution in [0.5, 0.6) is 0 Å². The van der Waals surface area contributed by atoms with Crippen LogP contribution in [-0.2, 0) is 29.2 Å². The number of nitrogens with one attached hydrogen (secondary N) is 1. The highest BCUT2D eigenvalue weighted by Crippen LogP contribution is 2.11. The van der Waals surface area contributed by atoms with Crippen molar-refractivity contribution in [1.82, 2.24) is 15.2 Å². The van der Waals surface area contributed by atoms with Crippen molar-refractivity contribution in [2.75, 3.05) is 13.1 Å². The van der Waals surface area contributed by atoms with E-state index in [0.717, 1.165) is 16.0 Å². The van der Waals surface area contributed by atoms with E-state index in [0.29, 0.717) is 26.1 Å². The van der Waals surface area contributed by atoms with Crippen molar-refractivity contribution in [3.05, 3.63) is 88.4 Å². The Hall–Kier alpha value is -3.39. The quantitative estimate of drug-likeness (QED) is 0.467. The molecule has 1 aromatic heterocycles. The highest BCUT2D eigenvalue weighted by atomic mass is 32.1. The molecule has 31 heavy (non-hydrogen) atoms. The average Bonchev–Trinajstić information content (AvgIpc) is 3.33. The Morgan fingerprint density at radius 3 is 2.32 bits per heavy atom. The second kappa shape index (κ2) is 12.3. The van der Waals surface area contributed by atoms with Gasteiger partial charge in [0.15, 0.2) is 0 Å². The molecule has 7 nitrogen and oxygen atoms in total. The molecule has 0 atom stereocenters. The lowest BCUT2D eigenvalue weighted by atomic mass is 10.2. The summed E-state index contributed by atoms with van der Waals surface area (Å²) in [6.45, 7) is 1.67. The molecule has 0 unspecified atom stereocenters. The molecule has 0 aliphatic heterocycles. The molecule has 0 radical (unpaired) electrons. The first-order chi connectivity index (χ1) is 15.2. The molecule has 0 fully saturated rings. The third-order valence-electron chi connectivity index (χ3n) is 4.38. The van der Waals surface area contributed by atoms with Gasteiger partial charge in [-0.15, -0.1) is 11.3 Å². The number of aromatic nitrogens is 1. The second-order valence-electron chi connectivity index (χ2n) is 6.77. The fraction of sp³-hybridized carbons (Fsp3) is 0.261. The zero-order chi connectivity index (χ0) is 21.7. The van der Waals surface area contributed by atoms with Crippen molar-refractivity contribution in [3.63, 3.8) is 0 Å². The minimum Gasteiger partial charge on any atom is -0.445 e. The summed E-state index contributed by atoms with van der Waals surface area (Å²) in [6, 6.07) is 19.2. The number of nitrogens with zero attached hydrogens (tertiary/aromatic N) is 2. The summed E-state index contributed by atoms with van der Waals surface area (Å²) in [6.07, 6.45) is 1.38. The van der Waals surface area contributed by atoms with Crippen LogP contribution in [0.15, 0.2) is 72.4 Å². The van der Waals surface area contributed by atoms with Crippen LogP contribution < -0.4 is 5.32 Å². The summed E-state index contributed by atoms with van der Waals surface area (Å²) in [4.78, 5) is 31.0. The summed E-state index contributed by atoms with van der Waals surface area (Å²) in [7, 11) is 0. The zero-order valence-corrected chi connectivity index (χ0v) is 17.9. The number of carbonyl (C=O) groups is 2. The molecule has 0 saturated carbocycles. The van der Waals surface area contributed by atoms with Gasteiger partial charge in [-0.05, 0) is 17.5 Å². The number of ether oxygens (including phenoxy) is 2. The van der Waals surface area contributed by atoms with Gasteiger partial charge in [0.1, 0.15) is 13.2 Å². The molecule has 3 aromatic rings. The number of hydrogen-bond donors (Lipinski definition) is 1. The fourth-order valence-electron chi connectivity index (χ4n) is 2.81. The van der Waals surface area contributed by atoms with E-state index < -0.39 is 12.2 Å². The van der Waals surface area contributed by atoms with Crippen LogP contribution in [0, 0.1) is 0 Å². The Labute approximate surface area is 185 Å². The first kappa shape index (κ1) is 22.3. The molecule has 3 rings (SSSR count). The lowest BCUT2D eigenvalue weighted by molar-refractivity contribution is 0.0938. The van der Waals surface area contributed by atoms with Gasteiger partial charge in [0.25, 0.3) is 0 Å². The first-order valence-corrected chi connectivity index (χ1v) is 10.9. The van der Waals surface area contributed by atoms with Crippen LogP contribution in [0.3, 0.4) is 0 Å². The Bertz CT molecular complexity index is 921. The standard InChI is InChI=1S/C23H25N3O4S/c27-22(29-16-20-10-5-2-6-11-20)25-12-7-13-26(15-19-8-3-1-4-9-19)23(28)30-17-21-14-24-18-31-21/h1-6,8-11,14,18H,7,12-13,15-17H2,(H,25,27). The van der Waals surface area contributed by atoms with Crippen molar-refractivity contribution < 1.29 is 19.1 Å². The maximum Gasteiger partial charge on any atom is 0.410 e. The summed E-state index contributed by atoms with van der Waals surface area (Å²) in [5, 5.41) is 2.72. The maximum absolute atomic E-state index is 12.6. The maximum atomic E-state index is 12.6. The molecule has 2 amide bonds. The number of carbonyl (C=O) groups excluding carboxylic acids is 2. The van der Waals surface area contributed by atoms with E-state index in [4.69, 9.17) is 9.47 Å². The summed E-state index contributed by atoms with van der Waals surface area (Å²) in [5.41, 5.74) is 3.64. The third-order valence-corrected chi connectivity index (χ3v) is 5.14. The van der Waals surface area contributed by atoms with Crippen molar-refractivity contribution in [2.45, 2.75) is 26.2 Å². The van der Waals surface area contributed by atoms with Crippen LogP contribution in [-0.4, -0.2) is 35.2 Å². The van der Waals surface area contributed by atoms with Gasteiger partial charge >= 0.3 is 12.2 Å². The lowest BCUT2D eigenvalue weighted by Crippen LogP contribution is -2.34. The average molecular weight is 440 g/mol. The monoisotopic (exact) mass is 439 g/mol. The molecule has 0 aliphatic rings. The summed E-state index contributed by atoms with van der Waals surface area (Å²) < 4.78 is 10.6. The van der Waals surface area contributed by atoms with Crippen molar-refractivity contribution in [2.24, 2.45) is 0 Å². The van der Waals surface area contributed by atoms with E-state index in [9.17, 15) is 9.59 Å². The Morgan fingerprint density at radius 1 is 0.935 bits per heavy atom. The largest absolute Gasteiger partial charge is 0.445 e. The first-order valence-electron chi connectivity index (χ1n) is 9.98. The van der Waals surface area contributed by atoms with E-state index in [1.165, 1.54) is 11.3 Å². The number of benzene rings is 2. The Morgan fingerprint density at radius 2 is 1.65 bits per heavy atom. The predicted molar refractivity (Wildman–Crippen MR) is 118 cm³/mol. The smallest absolute Gasteiger partial charge is 0.410 e. The van der Waals surface area contributed by atoms with E-state index in [1.807, 2.05) is 60.7 Å². The van der Waals surface area contributed by atoms with E-state index >= 15 is 0 Å². The van der Waals surface area contributed by atoms with Gasteiger partial charge in [-0.25, -0.2) is 9.59 Å². The molecule has 162 valence electrons. The van der Waals surface area contributed by atoms with Gasteiger partial charge in [0, 0.05) is 25.8 Å². The topological polar surface area (TPSA) is 80.8 Å². The molecular weight excluding hydrogens is 414 g/mol. The Balaban J connectivity index is 1.43. The molecule has 2 aromatic carbocycles. The summed E-state index contributed by atoms with van der Waals surface area (Å²) >= 11 is 1.44. The number of thiazole rings is 1. The summed E-state index contributed by atoms with van der Waals surface area (Å²) in [5.74, 6) is 0. The van der Waals surface area contributed by atoms with Crippen LogP contribution >= 0.6 is 11.3 Å². The fourth-order valence-corrected chi connectivity index (χ4v) is 3.32. The minimum atomic E-state index is -0.480. The van der Waals surface area contributed by atoms with Gasteiger partial charge in [0.05, 0.1) is 10.4 Å². The zero-order valence-electron chi connectivity index (χ0n) is 17.1. The normalized spacial score (nSPS) is 10.3. The van der Waals surface area contributed by atoms with Crippen molar-refractivity contribution in [1.29, 1.82) is 0 Å². The molecule has 0 aliphatic carbocycles. The minimum absolute atomic E-state index is 0.193. The van der Waals surface area contributed by atoms with Gasteiger partial charge in [-0.2, -0.15) is 0 Å². The van der Waals surface area contributed by atoms with E-state index in [1.54, 1.807) is 16.6 Å². The van der Waals surface area contributed by atoms with Crippen LogP contribution in [0.1, 0.15) is 22.4 Å². The van der Waals surface area contributed by atoms with Crippen molar-refractivity contribution in [3.8, 4) is 0 Å². The molecule has 1 heterocycles. The van der Waals surface area contributed by atoms with Crippen LogP contribution in [0.2, 0.25) is 0 Å². The van der Waals surface area contributed by atoms with Gasteiger partial charge in [-0.1, -0.05) is 60.7 Å². The highest BCUT2D eigenvalue weighted by Gasteiger charge is 2.16. The van der Waals surface area contributed by atoms with Crippen molar-refractivity contribution >= 4 is 23.5 Å².